The van der Waals surface area contributed by atoms with Gasteiger partial charge >= 0.3 is 5.97 Å². The van der Waals surface area contributed by atoms with Gasteiger partial charge in [-0.2, -0.15) is 0 Å². The molecule has 0 saturated carbocycles. The zero-order chi connectivity index (χ0) is 47.2. The molecule has 1 amide bonds. The van der Waals surface area contributed by atoms with Crippen LogP contribution in [0.5, 0.6) is 0 Å². The molecule has 0 aliphatic heterocycles. The van der Waals surface area contributed by atoms with Crippen LogP contribution in [-0.4, -0.2) is 47.4 Å². The monoisotopic (exact) mass is 918 g/mol. The highest BCUT2D eigenvalue weighted by molar-refractivity contribution is 5.76. The Morgan fingerprint density at radius 3 is 1.09 bits per heavy atom. The zero-order valence-corrected chi connectivity index (χ0v) is 44.0. The Balaban J connectivity index is 3.40. The predicted molar refractivity (Wildman–Crippen MR) is 283 cm³/mol. The first-order valence-corrected chi connectivity index (χ1v) is 29.4. The number of hydrogen-bond acceptors (Lipinski definition) is 5. The minimum atomic E-state index is -0.668. The highest BCUT2D eigenvalue weighted by atomic mass is 16.5. The first-order valence-electron chi connectivity index (χ1n) is 29.4. The smallest absolute Gasteiger partial charge is 0.305 e. The molecule has 0 bridgehead atoms. The van der Waals surface area contributed by atoms with Gasteiger partial charge in [-0.3, -0.25) is 9.59 Å². The summed E-state index contributed by atoms with van der Waals surface area (Å²) in [7, 11) is 0. The maximum Gasteiger partial charge on any atom is 0.305 e. The fourth-order valence-electron chi connectivity index (χ4n) is 9.28. The number of amides is 1. The molecular formula is C59H115NO5. The molecule has 6 nitrogen and oxygen atoms in total. The van der Waals surface area contributed by atoms with Crippen molar-refractivity contribution in [1.82, 2.24) is 5.32 Å². The number of nitrogens with one attached hydrogen (secondary N) is 1. The standard InChI is InChI=1S/C59H115NO5/c1-3-5-7-9-11-13-15-17-24-29-33-37-41-45-49-53-59(64)65-54-50-46-42-38-34-30-26-23-21-19-18-20-22-25-28-32-36-40-44-48-52-58(63)60-56(55-61)57(62)51-47-43-39-35-31-27-16-14-12-10-8-6-4-2/h18,20,56-57,61-62H,3-17,19,21-55H2,1-2H3,(H,60,63)/b20-18-. The van der Waals surface area contributed by atoms with E-state index >= 15 is 0 Å². The average molecular weight is 919 g/mol. The molecule has 0 saturated heterocycles. The second kappa shape index (κ2) is 55.2. The van der Waals surface area contributed by atoms with Crippen molar-refractivity contribution in [2.75, 3.05) is 13.2 Å². The van der Waals surface area contributed by atoms with Gasteiger partial charge in [0.15, 0.2) is 0 Å². The van der Waals surface area contributed by atoms with Gasteiger partial charge in [0.25, 0.3) is 0 Å². The summed E-state index contributed by atoms with van der Waals surface area (Å²) < 4.78 is 5.48. The molecule has 6 heteroatoms. The molecule has 0 heterocycles. The van der Waals surface area contributed by atoms with E-state index in [1.807, 2.05) is 0 Å². The molecule has 0 aliphatic rings. The van der Waals surface area contributed by atoms with E-state index < -0.39 is 12.1 Å². The summed E-state index contributed by atoms with van der Waals surface area (Å²) in [6.45, 7) is 4.96. The SMILES string of the molecule is CCCCCCCCCCCCCCCCCC(=O)OCCCCCCCCCCC/C=C\CCCCCCCCCC(=O)NC(CO)C(O)CCCCCCCCCCCCCCC. The minimum absolute atomic E-state index is 0.00960. The summed E-state index contributed by atoms with van der Waals surface area (Å²) in [5.41, 5.74) is 0. The molecule has 2 atom stereocenters. The van der Waals surface area contributed by atoms with Crippen molar-refractivity contribution in [3.63, 3.8) is 0 Å². The predicted octanol–water partition coefficient (Wildman–Crippen LogP) is 18.1. The normalized spacial score (nSPS) is 12.6. The quantitative estimate of drug-likeness (QED) is 0.0321. The van der Waals surface area contributed by atoms with E-state index in [0.717, 1.165) is 38.5 Å². The van der Waals surface area contributed by atoms with Crippen molar-refractivity contribution in [3.05, 3.63) is 12.2 Å². The maximum atomic E-state index is 12.5. The van der Waals surface area contributed by atoms with Crippen LogP contribution >= 0.6 is 0 Å². The molecule has 0 aromatic heterocycles. The number of aliphatic hydroxyl groups excluding tert-OH is 2. The highest BCUT2D eigenvalue weighted by Crippen LogP contribution is 2.17. The lowest BCUT2D eigenvalue weighted by molar-refractivity contribution is -0.143. The highest BCUT2D eigenvalue weighted by Gasteiger charge is 2.20. The van der Waals surface area contributed by atoms with E-state index in [1.165, 1.54) is 257 Å². The molecule has 0 spiro atoms. The molecular weight excluding hydrogens is 803 g/mol. The van der Waals surface area contributed by atoms with Gasteiger partial charge < -0.3 is 20.3 Å². The Morgan fingerprint density at radius 2 is 0.723 bits per heavy atom. The van der Waals surface area contributed by atoms with Gasteiger partial charge in [-0.1, -0.05) is 276 Å². The van der Waals surface area contributed by atoms with Crippen molar-refractivity contribution in [1.29, 1.82) is 0 Å². The van der Waals surface area contributed by atoms with Crippen LogP contribution in [0.25, 0.3) is 0 Å². The lowest BCUT2D eigenvalue weighted by Crippen LogP contribution is -2.45. The van der Waals surface area contributed by atoms with Crippen LogP contribution < -0.4 is 5.32 Å². The molecule has 0 aromatic carbocycles. The van der Waals surface area contributed by atoms with Crippen LogP contribution in [0.1, 0.15) is 328 Å². The number of aliphatic hydroxyl groups is 2. The van der Waals surface area contributed by atoms with Crippen LogP contribution in [-0.2, 0) is 14.3 Å². The summed E-state index contributed by atoms with van der Waals surface area (Å²) in [4.78, 5) is 24.5. The number of ether oxygens (including phenoxy) is 1. The number of unbranched alkanes of at least 4 members (excludes halogenated alkanes) is 42. The van der Waals surface area contributed by atoms with Crippen LogP contribution in [0.4, 0.5) is 0 Å². The largest absolute Gasteiger partial charge is 0.466 e. The van der Waals surface area contributed by atoms with Crippen LogP contribution in [0.2, 0.25) is 0 Å². The third kappa shape index (κ3) is 51.8. The summed E-state index contributed by atoms with van der Waals surface area (Å²) in [5.74, 6) is -0.0328. The Kier molecular flexibility index (Phi) is 54.0. The van der Waals surface area contributed by atoms with Crippen molar-refractivity contribution in [2.45, 2.75) is 341 Å². The van der Waals surface area contributed by atoms with Crippen LogP contribution in [0, 0.1) is 0 Å². The topological polar surface area (TPSA) is 95.9 Å². The van der Waals surface area contributed by atoms with E-state index in [-0.39, 0.29) is 18.5 Å². The molecule has 0 rings (SSSR count). The molecule has 0 aromatic rings. The Hall–Kier alpha value is -1.40. The third-order valence-corrected chi connectivity index (χ3v) is 13.8. The summed E-state index contributed by atoms with van der Waals surface area (Å²) >= 11 is 0. The number of rotatable bonds is 55. The molecule has 0 aliphatic carbocycles. The molecule has 0 fully saturated rings. The molecule has 386 valence electrons. The summed E-state index contributed by atoms with van der Waals surface area (Å²) in [5, 5.41) is 23.2. The Labute approximate surface area is 406 Å². The Bertz CT molecular complexity index is 970. The van der Waals surface area contributed by atoms with Crippen molar-refractivity contribution in [3.8, 4) is 0 Å². The van der Waals surface area contributed by atoms with Crippen LogP contribution in [0.15, 0.2) is 12.2 Å². The maximum absolute atomic E-state index is 12.5. The second-order valence-electron chi connectivity index (χ2n) is 20.3. The fourth-order valence-corrected chi connectivity index (χ4v) is 9.28. The molecule has 2 unspecified atom stereocenters. The van der Waals surface area contributed by atoms with E-state index in [4.69, 9.17) is 4.74 Å². The first-order chi connectivity index (χ1) is 32.0. The van der Waals surface area contributed by atoms with Gasteiger partial charge in [0.1, 0.15) is 0 Å². The van der Waals surface area contributed by atoms with Gasteiger partial charge in [-0.05, 0) is 51.4 Å². The summed E-state index contributed by atoms with van der Waals surface area (Å²) in [6, 6.07) is -0.546. The number of carbonyl (C=O) groups is 2. The number of esters is 1. The van der Waals surface area contributed by atoms with Crippen molar-refractivity contribution < 1.29 is 24.5 Å². The molecule has 65 heavy (non-hydrogen) atoms. The van der Waals surface area contributed by atoms with E-state index in [0.29, 0.717) is 25.9 Å². The van der Waals surface area contributed by atoms with Crippen molar-refractivity contribution >= 4 is 11.9 Å². The number of allylic oxidation sites excluding steroid dienone is 2. The van der Waals surface area contributed by atoms with Gasteiger partial charge in [0.05, 0.1) is 25.4 Å². The summed E-state index contributed by atoms with van der Waals surface area (Å²) in [6.07, 6.45) is 64.9. The lowest BCUT2D eigenvalue weighted by Gasteiger charge is -2.22. The van der Waals surface area contributed by atoms with E-state index in [1.54, 1.807) is 0 Å². The van der Waals surface area contributed by atoms with Gasteiger partial charge in [0, 0.05) is 12.8 Å². The molecule has 3 N–H and O–H groups in total. The fraction of sp³-hybridized carbons (Fsp3) is 0.932. The Morgan fingerprint density at radius 1 is 0.415 bits per heavy atom. The van der Waals surface area contributed by atoms with Gasteiger partial charge in [-0.15, -0.1) is 0 Å². The van der Waals surface area contributed by atoms with Crippen molar-refractivity contribution in [2.24, 2.45) is 0 Å². The minimum Gasteiger partial charge on any atom is -0.466 e. The third-order valence-electron chi connectivity index (χ3n) is 13.8. The van der Waals surface area contributed by atoms with E-state index in [9.17, 15) is 19.8 Å². The van der Waals surface area contributed by atoms with Crippen LogP contribution in [0.3, 0.4) is 0 Å². The number of hydrogen-bond donors (Lipinski definition) is 3. The van der Waals surface area contributed by atoms with E-state index in [2.05, 4.69) is 31.3 Å². The zero-order valence-electron chi connectivity index (χ0n) is 44.0. The molecule has 0 radical (unpaired) electrons. The average Bonchev–Trinajstić information content (AvgIpc) is 3.31. The first kappa shape index (κ1) is 63.6. The lowest BCUT2D eigenvalue weighted by atomic mass is 10.0. The van der Waals surface area contributed by atoms with Gasteiger partial charge in [0.2, 0.25) is 5.91 Å². The second-order valence-corrected chi connectivity index (χ2v) is 20.3. The van der Waals surface area contributed by atoms with Gasteiger partial charge in [-0.25, -0.2) is 0 Å². The number of carbonyl (C=O) groups excluding carboxylic acids is 2.